The fraction of sp³-hybridized carbons (Fsp3) is 0.241. The molecule has 0 N–H and O–H groups in total. The van der Waals surface area contributed by atoms with Crippen molar-refractivity contribution >= 4 is 16.9 Å². The Hall–Kier alpha value is -3.86. The molecule has 0 saturated heterocycles. The third-order valence-corrected chi connectivity index (χ3v) is 5.77. The number of pyridine rings is 1. The van der Waals surface area contributed by atoms with Gasteiger partial charge in [-0.25, -0.2) is 4.79 Å². The standard InChI is InChI=1S/C29H29NO4/c1-3-29(28(31)32-4-2,34-26-16-17-27-24(19-26)11-8-18-30-27)20-22-12-14-25(15-13-22)33-21-23-9-6-5-7-10-23/h5-19H,3-4,20-21H2,1-2H3. The van der Waals surface area contributed by atoms with Gasteiger partial charge in [0.25, 0.3) is 0 Å². The molecule has 0 spiro atoms. The summed E-state index contributed by atoms with van der Waals surface area (Å²) < 4.78 is 17.7. The minimum atomic E-state index is -1.14. The van der Waals surface area contributed by atoms with E-state index in [0.29, 0.717) is 25.2 Å². The summed E-state index contributed by atoms with van der Waals surface area (Å²) in [5.41, 5.74) is 1.81. The maximum atomic E-state index is 13.1. The summed E-state index contributed by atoms with van der Waals surface area (Å²) in [7, 11) is 0. The van der Waals surface area contributed by atoms with Crippen molar-refractivity contribution in [3.63, 3.8) is 0 Å². The molecule has 174 valence electrons. The van der Waals surface area contributed by atoms with Crippen molar-refractivity contribution in [1.82, 2.24) is 4.98 Å². The van der Waals surface area contributed by atoms with Crippen molar-refractivity contribution in [3.05, 3.63) is 102 Å². The van der Waals surface area contributed by atoms with E-state index in [4.69, 9.17) is 14.2 Å². The van der Waals surface area contributed by atoms with Gasteiger partial charge < -0.3 is 14.2 Å². The molecule has 1 aromatic heterocycles. The molecule has 0 saturated carbocycles. The summed E-state index contributed by atoms with van der Waals surface area (Å²) in [5.74, 6) is 1.01. The van der Waals surface area contributed by atoms with E-state index in [-0.39, 0.29) is 12.6 Å². The van der Waals surface area contributed by atoms with Crippen LogP contribution in [-0.4, -0.2) is 23.2 Å². The predicted octanol–water partition coefficient (Wildman–Crippen LogP) is 6.15. The summed E-state index contributed by atoms with van der Waals surface area (Å²) in [6.07, 6.45) is 2.60. The summed E-state index contributed by atoms with van der Waals surface area (Å²) in [5, 5.41) is 0.953. The third-order valence-electron chi connectivity index (χ3n) is 5.77. The molecule has 0 bridgehead atoms. The fourth-order valence-corrected chi connectivity index (χ4v) is 3.87. The lowest BCUT2D eigenvalue weighted by Gasteiger charge is -2.31. The van der Waals surface area contributed by atoms with Crippen LogP contribution in [0.4, 0.5) is 0 Å². The zero-order chi connectivity index (χ0) is 23.8. The van der Waals surface area contributed by atoms with E-state index in [2.05, 4.69) is 4.98 Å². The number of ether oxygens (including phenoxy) is 3. The van der Waals surface area contributed by atoms with Crippen LogP contribution in [0.5, 0.6) is 11.5 Å². The van der Waals surface area contributed by atoms with Gasteiger partial charge in [0, 0.05) is 18.0 Å². The quantitative estimate of drug-likeness (QED) is 0.269. The first-order valence-corrected chi connectivity index (χ1v) is 11.6. The SMILES string of the molecule is CCOC(=O)C(CC)(Cc1ccc(OCc2ccccc2)cc1)Oc1ccc2ncccc2c1. The van der Waals surface area contributed by atoms with Crippen molar-refractivity contribution in [2.45, 2.75) is 38.9 Å². The first-order chi connectivity index (χ1) is 16.6. The van der Waals surface area contributed by atoms with E-state index in [0.717, 1.165) is 27.8 Å². The highest BCUT2D eigenvalue weighted by atomic mass is 16.6. The zero-order valence-corrected chi connectivity index (χ0v) is 19.6. The van der Waals surface area contributed by atoms with Gasteiger partial charge in [0.05, 0.1) is 12.1 Å². The average Bonchev–Trinajstić information content (AvgIpc) is 2.88. The van der Waals surface area contributed by atoms with E-state index in [9.17, 15) is 4.79 Å². The number of carbonyl (C=O) groups excluding carboxylic acids is 1. The van der Waals surface area contributed by atoms with Crippen molar-refractivity contribution in [1.29, 1.82) is 0 Å². The Morgan fingerprint density at radius 1 is 0.853 bits per heavy atom. The number of aromatic nitrogens is 1. The van der Waals surface area contributed by atoms with E-state index in [1.54, 1.807) is 13.1 Å². The number of benzene rings is 3. The first kappa shape index (κ1) is 23.3. The largest absolute Gasteiger partial charge is 0.489 e. The minimum Gasteiger partial charge on any atom is -0.489 e. The van der Waals surface area contributed by atoms with Crippen molar-refractivity contribution in [2.75, 3.05) is 6.61 Å². The number of fused-ring (bicyclic) bond motifs is 1. The molecule has 1 heterocycles. The Bertz CT molecular complexity index is 1220. The van der Waals surface area contributed by atoms with Crippen LogP contribution in [0.3, 0.4) is 0 Å². The second-order valence-electron chi connectivity index (χ2n) is 8.12. The molecule has 3 aromatic carbocycles. The molecule has 0 aliphatic heterocycles. The minimum absolute atomic E-state index is 0.290. The number of esters is 1. The molecule has 0 fully saturated rings. The van der Waals surface area contributed by atoms with E-state index in [1.807, 2.05) is 91.9 Å². The van der Waals surface area contributed by atoms with Gasteiger partial charge in [0.2, 0.25) is 5.60 Å². The Morgan fingerprint density at radius 3 is 2.35 bits per heavy atom. The number of rotatable bonds is 10. The third kappa shape index (κ3) is 5.54. The lowest BCUT2D eigenvalue weighted by molar-refractivity contribution is -0.162. The van der Waals surface area contributed by atoms with Crippen LogP contribution in [0.1, 0.15) is 31.4 Å². The summed E-state index contributed by atoms with van der Waals surface area (Å²) in [4.78, 5) is 17.5. The van der Waals surface area contributed by atoms with Gasteiger partial charge in [-0.05, 0) is 60.9 Å². The van der Waals surface area contributed by atoms with Gasteiger partial charge in [-0.3, -0.25) is 4.98 Å². The normalized spacial score (nSPS) is 12.6. The molecule has 5 nitrogen and oxygen atoms in total. The van der Waals surface area contributed by atoms with Crippen LogP contribution >= 0.6 is 0 Å². The highest BCUT2D eigenvalue weighted by Crippen LogP contribution is 2.30. The Kier molecular flexibility index (Phi) is 7.43. The van der Waals surface area contributed by atoms with Crippen LogP contribution in [0.25, 0.3) is 10.9 Å². The molecule has 0 amide bonds. The molecular weight excluding hydrogens is 426 g/mol. The molecule has 4 aromatic rings. The second kappa shape index (κ2) is 10.8. The Balaban J connectivity index is 1.53. The molecule has 1 atom stereocenters. The van der Waals surface area contributed by atoms with Crippen molar-refractivity contribution < 1.29 is 19.0 Å². The highest BCUT2D eigenvalue weighted by molar-refractivity contribution is 5.82. The highest BCUT2D eigenvalue weighted by Gasteiger charge is 2.41. The lowest BCUT2D eigenvalue weighted by Crippen LogP contribution is -2.47. The van der Waals surface area contributed by atoms with Gasteiger partial charge >= 0.3 is 5.97 Å². The van der Waals surface area contributed by atoms with Crippen molar-refractivity contribution in [3.8, 4) is 11.5 Å². The van der Waals surface area contributed by atoms with Gasteiger partial charge in [0.1, 0.15) is 18.1 Å². The Morgan fingerprint density at radius 2 is 1.62 bits per heavy atom. The van der Waals surface area contributed by atoms with E-state index >= 15 is 0 Å². The lowest BCUT2D eigenvalue weighted by atomic mass is 9.91. The van der Waals surface area contributed by atoms with Gasteiger partial charge in [0.15, 0.2) is 0 Å². The van der Waals surface area contributed by atoms with Gasteiger partial charge in [-0.1, -0.05) is 55.5 Å². The molecule has 34 heavy (non-hydrogen) atoms. The average molecular weight is 456 g/mol. The van der Waals surface area contributed by atoms with Gasteiger partial charge in [-0.15, -0.1) is 0 Å². The molecule has 0 aliphatic carbocycles. The number of nitrogens with zero attached hydrogens (tertiary/aromatic N) is 1. The number of hydrogen-bond donors (Lipinski definition) is 0. The first-order valence-electron chi connectivity index (χ1n) is 11.6. The van der Waals surface area contributed by atoms with Crippen molar-refractivity contribution in [2.24, 2.45) is 0 Å². The second-order valence-corrected chi connectivity index (χ2v) is 8.12. The smallest absolute Gasteiger partial charge is 0.350 e. The number of carbonyl (C=O) groups is 1. The van der Waals surface area contributed by atoms with Crippen LogP contribution in [0.2, 0.25) is 0 Å². The summed E-state index contributed by atoms with van der Waals surface area (Å²) >= 11 is 0. The topological polar surface area (TPSA) is 57.7 Å². The molecule has 5 heteroatoms. The molecule has 0 aliphatic rings. The van der Waals surface area contributed by atoms with E-state index in [1.165, 1.54) is 0 Å². The van der Waals surface area contributed by atoms with Crippen LogP contribution in [0, 0.1) is 0 Å². The van der Waals surface area contributed by atoms with Crippen LogP contribution in [-0.2, 0) is 22.6 Å². The number of hydrogen-bond acceptors (Lipinski definition) is 5. The fourth-order valence-electron chi connectivity index (χ4n) is 3.87. The maximum absolute atomic E-state index is 13.1. The maximum Gasteiger partial charge on any atom is 0.350 e. The molecule has 4 rings (SSSR count). The predicted molar refractivity (Wildman–Crippen MR) is 133 cm³/mol. The Labute approximate surface area is 200 Å². The molecule has 0 radical (unpaired) electrons. The summed E-state index contributed by atoms with van der Waals surface area (Å²) in [6.45, 7) is 4.54. The zero-order valence-electron chi connectivity index (χ0n) is 19.6. The summed E-state index contributed by atoms with van der Waals surface area (Å²) in [6, 6.07) is 27.3. The molecular formula is C29H29NO4. The molecule has 1 unspecified atom stereocenters. The monoisotopic (exact) mass is 455 g/mol. The van der Waals surface area contributed by atoms with E-state index < -0.39 is 5.60 Å². The van der Waals surface area contributed by atoms with Crippen LogP contribution in [0.15, 0.2) is 91.1 Å². The van der Waals surface area contributed by atoms with Crippen LogP contribution < -0.4 is 9.47 Å². The van der Waals surface area contributed by atoms with Gasteiger partial charge in [-0.2, -0.15) is 0 Å².